The Morgan fingerprint density at radius 2 is 2.10 bits per heavy atom. The van der Waals surface area contributed by atoms with Gasteiger partial charge in [0.25, 0.3) is 0 Å². The van der Waals surface area contributed by atoms with Gasteiger partial charge in [-0.05, 0) is 30.7 Å². The summed E-state index contributed by atoms with van der Waals surface area (Å²) in [6, 6.07) is 5.15. The van der Waals surface area contributed by atoms with E-state index in [9.17, 15) is 9.90 Å². The van der Waals surface area contributed by atoms with Crippen molar-refractivity contribution in [2.45, 2.75) is 19.6 Å². The summed E-state index contributed by atoms with van der Waals surface area (Å²) in [5.74, 6) is 1.15. The SMILES string of the molecule is COc1ccc(OC)c(C(O)Cn2cc(C)cnc2=O)c1. The topological polar surface area (TPSA) is 73.6 Å². The van der Waals surface area contributed by atoms with E-state index in [0.29, 0.717) is 17.1 Å². The van der Waals surface area contributed by atoms with Crippen LogP contribution in [-0.4, -0.2) is 28.9 Å². The minimum absolute atomic E-state index is 0.0943. The average molecular weight is 290 g/mol. The van der Waals surface area contributed by atoms with Gasteiger partial charge in [0.2, 0.25) is 0 Å². The summed E-state index contributed by atoms with van der Waals surface area (Å²) in [7, 11) is 3.07. The van der Waals surface area contributed by atoms with E-state index in [2.05, 4.69) is 4.98 Å². The van der Waals surface area contributed by atoms with Crippen molar-refractivity contribution in [3.63, 3.8) is 0 Å². The van der Waals surface area contributed by atoms with E-state index in [-0.39, 0.29) is 6.54 Å². The minimum Gasteiger partial charge on any atom is -0.497 e. The van der Waals surface area contributed by atoms with Crippen LogP contribution in [-0.2, 0) is 6.54 Å². The molecule has 6 heteroatoms. The van der Waals surface area contributed by atoms with Crippen molar-refractivity contribution >= 4 is 0 Å². The number of rotatable bonds is 5. The minimum atomic E-state index is -0.906. The lowest BCUT2D eigenvalue weighted by Crippen LogP contribution is -2.25. The van der Waals surface area contributed by atoms with Crippen LogP contribution in [0.2, 0.25) is 0 Å². The van der Waals surface area contributed by atoms with Crippen LogP contribution >= 0.6 is 0 Å². The van der Waals surface area contributed by atoms with E-state index in [1.165, 1.54) is 17.9 Å². The van der Waals surface area contributed by atoms with Crippen LogP contribution in [0.4, 0.5) is 0 Å². The van der Waals surface area contributed by atoms with Crippen molar-refractivity contribution in [1.29, 1.82) is 0 Å². The number of aliphatic hydroxyl groups is 1. The first kappa shape index (κ1) is 15.1. The van der Waals surface area contributed by atoms with Gasteiger partial charge in [0, 0.05) is 18.0 Å². The molecule has 0 amide bonds. The lowest BCUT2D eigenvalue weighted by Gasteiger charge is -2.17. The second-order valence-corrected chi connectivity index (χ2v) is 4.69. The molecular weight excluding hydrogens is 272 g/mol. The molecule has 0 aliphatic heterocycles. The van der Waals surface area contributed by atoms with Crippen molar-refractivity contribution < 1.29 is 14.6 Å². The zero-order valence-electron chi connectivity index (χ0n) is 12.2. The molecular formula is C15H18N2O4. The van der Waals surface area contributed by atoms with Gasteiger partial charge < -0.3 is 14.6 Å². The monoisotopic (exact) mass is 290 g/mol. The van der Waals surface area contributed by atoms with Crippen molar-refractivity contribution in [2.24, 2.45) is 0 Å². The maximum atomic E-state index is 11.7. The standard InChI is InChI=1S/C15H18N2O4/c1-10-7-16-15(19)17(8-10)9-13(18)12-6-11(20-2)4-5-14(12)21-3/h4-8,13,18H,9H2,1-3H3. The van der Waals surface area contributed by atoms with E-state index in [4.69, 9.17) is 9.47 Å². The van der Waals surface area contributed by atoms with Crippen LogP contribution in [0.25, 0.3) is 0 Å². The number of ether oxygens (including phenoxy) is 2. The number of aliphatic hydroxyl groups excluding tert-OH is 1. The molecule has 0 spiro atoms. The zero-order valence-corrected chi connectivity index (χ0v) is 12.2. The lowest BCUT2D eigenvalue weighted by molar-refractivity contribution is 0.150. The second kappa shape index (κ2) is 6.41. The van der Waals surface area contributed by atoms with Gasteiger partial charge >= 0.3 is 5.69 Å². The quantitative estimate of drug-likeness (QED) is 0.898. The van der Waals surface area contributed by atoms with Gasteiger partial charge in [0.15, 0.2) is 0 Å². The molecule has 1 heterocycles. The molecule has 1 unspecified atom stereocenters. The maximum absolute atomic E-state index is 11.7. The zero-order chi connectivity index (χ0) is 15.4. The third kappa shape index (κ3) is 3.41. The first-order chi connectivity index (χ1) is 10.0. The summed E-state index contributed by atoms with van der Waals surface area (Å²) in [6.07, 6.45) is 2.25. The van der Waals surface area contributed by atoms with Crippen LogP contribution in [0.5, 0.6) is 11.5 Å². The number of methoxy groups -OCH3 is 2. The predicted octanol–water partition coefficient (Wildman–Crippen LogP) is 1.30. The fourth-order valence-corrected chi connectivity index (χ4v) is 2.08. The largest absolute Gasteiger partial charge is 0.497 e. The first-order valence-corrected chi connectivity index (χ1v) is 6.48. The summed E-state index contributed by atoms with van der Waals surface area (Å²) >= 11 is 0. The summed E-state index contributed by atoms with van der Waals surface area (Å²) in [4.78, 5) is 15.4. The average Bonchev–Trinajstić information content (AvgIpc) is 2.50. The summed E-state index contributed by atoms with van der Waals surface area (Å²) in [6.45, 7) is 1.93. The van der Waals surface area contributed by atoms with E-state index in [1.807, 2.05) is 6.92 Å². The van der Waals surface area contributed by atoms with Gasteiger partial charge in [0.05, 0.1) is 20.8 Å². The molecule has 0 saturated carbocycles. The van der Waals surface area contributed by atoms with Gasteiger partial charge in [-0.25, -0.2) is 9.78 Å². The van der Waals surface area contributed by atoms with Crippen LogP contribution in [0.3, 0.4) is 0 Å². The number of benzene rings is 1. The fourth-order valence-electron chi connectivity index (χ4n) is 2.08. The van der Waals surface area contributed by atoms with Crippen molar-refractivity contribution in [3.8, 4) is 11.5 Å². The highest BCUT2D eigenvalue weighted by Crippen LogP contribution is 2.29. The van der Waals surface area contributed by atoms with Crippen molar-refractivity contribution in [1.82, 2.24) is 9.55 Å². The summed E-state index contributed by atoms with van der Waals surface area (Å²) < 4.78 is 11.8. The molecule has 1 aromatic carbocycles. The van der Waals surface area contributed by atoms with E-state index in [0.717, 1.165) is 5.56 Å². The predicted molar refractivity (Wildman–Crippen MR) is 77.7 cm³/mol. The Balaban J connectivity index is 2.33. The molecule has 0 saturated heterocycles. The van der Waals surface area contributed by atoms with Crippen molar-refractivity contribution in [2.75, 3.05) is 14.2 Å². The highest BCUT2D eigenvalue weighted by atomic mass is 16.5. The van der Waals surface area contributed by atoms with Gasteiger partial charge in [-0.2, -0.15) is 0 Å². The second-order valence-electron chi connectivity index (χ2n) is 4.69. The number of aryl methyl sites for hydroxylation is 1. The Hall–Kier alpha value is -2.34. The molecule has 21 heavy (non-hydrogen) atoms. The van der Waals surface area contributed by atoms with Crippen LogP contribution in [0, 0.1) is 6.92 Å². The van der Waals surface area contributed by atoms with Gasteiger partial charge in [0.1, 0.15) is 17.6 Å². The normalized spacial score (nSPS) is 12.0. The molecule has 112 valence electrons. The fraction of sp³-hybridized carbons (Fsp3) is 0.333. The molecule has 1 atom stereocenters. The van der Waals surface area contributed by atoms with Gasteiger partial charge in [-0.15, -0.1) is 0 Å². The molecule has 2 rings (SSSR count). The summed E-state index contributed by atoms with van der Waals surface area (Å²) in [5, 5.41) is 10.4. The molecule has 6 nitrogen and oxygen atoms in total. The van der Waals surface area contributed by atoms with Crippen LogP contribution < -0.4 is 15.2 Å². The highest BCUT2D eigenvalue weighted by molar-refractivity contribution is 5.41. The lowest BCUT2D eigenvalue weighted by atomic mass is 10.1. The van der Waals surface area contributed by atoms with Crippen molar-refractivity contribution in [3.05, 3.63) is 52.2 Å². The van der Waals surface area contributed by atoms with Crippen LogP contribution in [0.15, 0.2) is 35.4 Å². The maximum Gasteiger partial charge on any atom is 0.347 e. The smallest absolute Gasteiger partial charge is 0.347 e. The molecule has 0 bridgehead atoms. The third-order valence-electron chi connectivity index (χ3n) is 3.15. The van der Waals surface area contributed by atoms with E-state index in [1.54, 1.807) is 31.5 Å². The molecule has 1 aromatic heterocycles. The Morgan fingerprint density at radius 3 is 2.76 bits per heavy atom. The first-order valence-electron chi connectivity index (χ1n) is 6.48. The molecule has 2 aromatic rings. The molecule has 1 N–H and O–H groups in total. The molecule has 0 fully saturated rings. The van der Waals surface area contributed by atoms with Gasteiger partial charge in [-0.3, -0.25) is 4.57 Å². The summed E-state index contributed by atoms with van der Waals surface area (Å²) in [5.41, 5.74) is 1.01. The Morgan fingerprint density at radius 1 is 1.33 bits per heavy atom. The Bertz CT molecular complexity index is 682. The molecule has 0 aliphatic carbocycles. The van der Waals surface area contributed by atoms with E-state index >= 15 is 0 Å². The van der Waals surface area contributed by atoms with Crippen LogP contribution in [0.1, 0.15) is 17.2 Å². The highest BCUT2D eigenvalue weighted by Gasteiger charge is 2.16. The molecule has 0 aliphatic rings. The Labute approximate surface area is 122 Å². The third-order valence-corrected chi connectivity index (χ3v) is 3.15. The number of aromatic nitrogens is 2. The van der Waals surface area contributed by atoms with Gasteiger partial charge in [-0.1, -0.05) is 0 Å². The number of nitrogens with zero attached hydrogens (tertiary/aromatic N) is 2. The Kier molecular flexibility index (Phi) is 4.59. The number of hydrogen-bond acceptors (Lipinski definition) is 5. The molecule has 0 radical (unpaired) electrons. The van der Waals surface area contributed by atoms with E-state index < -0.39 is 11.8 Å². The number of hydrogen-bond donors (Lipinski definition) is 1.